The van der Waals surface area contributed by atoms with Crippen molar-refractivity contribution in [3.8, 4) is 28.4 Å². The number of phenolic OH excluding ortho intramolecular Hbond substituents is 1. The number of imidazole rings is 2. The summed E-state index contributed by atoms with van der Waals surface area (Å²) < 4.78 is 78.8. The Morgan fingerprint density at radius 3 is 2.30 bits per heavy atom. The molecule has 0 saturated heterocycles. The molecule has 0 spiro atoms. The molecule has 2 aromatic carbocycles. The van der Waals surface area contributed by atoms with Crippen LogP contribution in [0.2, 0.25) is 0 Å². The highest BCUT2D eigenvalue weighted by Crippen LogP contribution is 2.38. The predicted octanol–water partition coefficient (Wildman–Crippen LogP) is 6.51. The molecule has 37 heavy (non-hydrogen) atoms. The highest BCUT2D eigenvalue weighted by molar-refractivity contribution is 5.92. The first-order valence-electron chi connectivity index (χ1n) is 10.6. The van der Waals surface area contributed by atoms with Gasteiger partial charge < -0.3 is 20.0 Å². The fraction of sp³-hybridized carbons (Fsp3) is 0.125. The summed E-state index contributed by atoms with van der Waals surface area (Å²) in [5.41, 5.74) is 0.248. The van der Waals surface area contributed by atoms with E-state index in [0.29, 0.717) is 28.5 Å². The molecule has 0 unspecified atom stereocenters. The maximum Gasteiger partial charge on any atom is 0.432 e. The maximum atomic E-state index is 12.9. The van der Waals surface area contributed by atoms with Gasteiger partial charge in [0.15, 0.2) is 11.6 Å². The number of nitrogens with zero attached hydrogens (tertiary/aromatic N) is 4. The topological polar surface area (TPSA) is 91.7 Å². The fourth-order valence-corrected chi connectivity index (χ4v) is 3.78. The molecule has 0 radical (unpaired) electrons. The second-order valence-electron chi connectivity index (χ2n) is 8.10. The number of hydrogen-bond donors (Lipinski definition) is 3. The zero-order valence-corrected chi connectivity index (χ0v) is 18.8. The number of benzene rings is 2. The van der Waals surface area contributed by atoms with Crippen LogP contribution in [0.1, 0.15) is 11.3 Å². The van der Waals surface area contributed by atoms with Gasteiger partial charge in [-0.25, -0.2) is 9.97 Å². The molecule has 3 aromatic heterocycles. The number of pyridine rings is 1. The summed E-state index contributed by atoms with van der Waals surface area (Å²) in [5, 5.41) is 13.9. The van der Waals surface area contributed by atoms with E-state index in [0.717, 1.165) is 12.1 Å². The van der Waals surface area contributed by atoms with Gasteiger partial charge in [0.25, 0.3) is 0 Å². The number of fused-ring (bicyclic) bond motifs is 1. The SMILES string of the molecule is Cn1c(Nc2ccc(C(F)(F)F)cc2)nc2c(O)c(-c3ccnc(-c4ncc(C(F)(F)F)[nH]4)c3)ccc21. The van der Waals surface area contributed by atoms with Crippen LogP contribution in [0.3, 0.4) is 0 Å². The Hall–Kier alpha value is -4.55. The van der Waals surface area contributed by atoms with Crippen molar-refractivity contribution in [2.75, 3.05) is 5.32 Å². The van der Waals surface area contributed by atoms with E-state index in [-0.39, 0.29) is 28.7 Å². The van der Waals surface area contributed by atoms with E-state index < -0.39 is 23.6 Å². The molecule has 5 aromatic rings. The molecule has 0 aliphatic carbocycles. The zero-order chi connectivity index (χ0) is 26.5. The third-order valence-electron chi connectivity index (χ3n) is 5.69. The van der Waals surface area contributed by atoms with Crippen LogP contribution in [0.25, 0.3) is 33.7 Å². The van der Waals surface area contributed by atoms with Gasteiger partial charge >= 0.3 is 12.4 Å². The van der Waals surface area contributed by atoms with Gasteiger partial charge in [-0.05, 0) is 54.1 Å². The first kappa shape index (κ1) is 24.2. The van der Waals surface area contributed by atoms with Crippen LogP contribution in [-0.4, -0.2) is 29.6 Å². The van der Waals surface area contributed by atoms with E-state index in [1.807, 2.05) is 0 Å². The Kier molecular flexibility index (Phi) is 5.57. The first-order chi connectivity index (χ1) is 17.4. The minimum atomic E-state index is -4.59. The monoisotopic (exact) mass is 518 g/mol. The molecule has 0 atom stereocenters. The quantitative estimate of drug-likeness (QED) is 0.236. The van der Waals surface area contributed by atoms with Gasteiger partial charge in [0.1, 0.15) is 16.9 Å². The van der Waals surface area contributed by atoms with E-state index in [1.54, 1.807) is 29.8 Å². The van der Waals surface area contributed by atoms with Crippen LogP contribution in [0.4, 0.5) is 38.0 Å². The lowest BCUT2D eigenvalue weighted by atomic mass is 10.0. The number of H-pyrrole nitrogens is 1. The van der Waals surface area contributed by atoms with Crippen LogP contribution >= 0.6 is 0 Å². The van der Waals surface area contributed by atoms with Crippen LogP contribution in [0.5, 0.6) is 5.75 Å². The van der Waals surface area contributed by atoms with Gasteiger partial charge in [-0.2, -0.15) is 26.3 Å². The van der Waals surface area contributed by atoms with Crippen molar-refractivity contribution >= 4 is 22.7 Å². The molecular weight excluding hydrogens is 502 g/mol. The normalized spacial score (nSPS) is 12.3. The molecule has 0 bridgehead atoms. The Balaban J connectivity index is 1.48. The van der Waals surface area contributed by atoms with E-state index in [9.17, 15) is 31.4 Å². The number of phenols is 1. The fourth-order valence-electron chi connectivity index (χ4n) is 3.78. The molecule has 0 fully saturated rings. The van der Waals surface area contributed by atoms with Crippen molar-refractivity contribution < 1.29 is 31.4 Å². The molecular formula is C24H16F6N6O. The third-order valence-corrected chi connectivity index (χ3v) is 5.69. The Morgan fingerprint density at radius 2 is 1.65 bits per heavy atom. The average molecular weight is 518 g/mol. The standard InChI is InChI=1S/C24H16F6N6O/c1-36-17-7-6-15(12-8-9-31-16(10-12)21-32-11-18(34-21)24(28,29)30)20(37)19(17)35-22(36)33-14-4-2-13(3-5-14)23(25,26)27/h2-11,37H,1H3,(H,32,34)(H,33,35). The van der Waals surface area contributed by atoms with Crippen LogP contribution in [0.15, 0.2) is 60.9 Å². The number of aryl methyl sites for hydroxylation is 1. The molecule has 3 heterocycles. The molecule has 0 aliphatic heterocycles. The third kappa shape index (κ3) is 4.55. The molecule has 0 saturated carbocycles. The molecule has 5 rings (SSSR count). The summed E-state index contributed by atoms with van der Waals surface area (Å²) in [4.78, 5) is 14.4. The summed E-state index contributed by atoms with van der Waals surface area (Å²) >= 11 is 0. The average Bonchev–Trinajstić information content (AvgIpc) is 3.46. The number of anilines is 2. The molecule has 13 heteroatoms. The summed E-state index contributed by atoms with van der Waals surface area (Å²) in [5.74, 6) is -0.00959. The number of rotatable bonds is 4. The van der Waals surface area contributed by atoms with E-state index in [1.165, 1.54) is 24.4 Å². The summed E-state index contributed by atoms with van der Waals surface area (Å²) in [7, 11) is 1.67. The highest BCUT2D eigenvalue weighted by atomic mass is 19.4. The number of aromatic nitrogens is 5. The lowest BCUT2D eigenvalue weighted by Crippen LogP contribution is -2.05. The highest BCUT2D eigenvalue weighted by Gasteiger charge is 2.33. The van der Waals surface area contributed by atoms with Gasteiger partial charge in [-0.1, -0.05) is 0 Å². The van der Waals surface area contributed by atoms with Crippen LogP contribution in [0, 0.1) is 0 Å². The number of halogens is 6. The maximum absolute atomic E-state index is 12.9. The van der Waals surface area contributed by atoms with Crippen molar-refractivity contribution in [2.24, 2.45) is 7.05 Å². The summed E-state index contributed by atoms with van der Waals surface area (Å²) in [6, 6.07) is 10.8. The van der Waals surface area contributed by atoms with Gasteiger partial charge in [0.05, 0.1) is 17.3 Å². The van der Waals surface area contributed by atoms with Crippen molar-refractivity contribution in [1.29, 1.82) is 0 Å². The van der Waals surface area contributed by atoms with Crippen LogP contribution < -0.4 is 5.32 Å². The van der Waals surface area contributed by atoms with Gasteiger partial charge in [-0.15, -0.1) is 0 Å². The van der Waals surface area contributed by atoms with Gasteiger partial charge in [0, 0.05) is 24.5 Å². The summed E-state index contributed by atoms with van der Waals surface area (Å²) in [6.45, 7) is 0. The minimum Gasteiger partial charge on any atom is -0.505 e. The molecule has 0 amide bonds. The molecule has 0 aliphatic rings. The van der Waals surface area contributed by atoms with Crippen molar-refractivity contribution in [2.45, 2.75) is 12.4 Å². The van der Waals surface area contributed by atoms with Crippen LogP contribution in [-0.2, 0) is 19.4 Å². The number of alkyl halides is 6. The minimum absolute atomic E-state index is 0.0874. The predicted molar refractivity (Wildman–Crippen MR) is 123 cm³/mol. The molecule has 7 nitrogen and oxygen atoms in total. The van der Waals surface area contributed by atoms with E-state index in [2.05, 4.69) is 25.3 Å². The number of aromatic hydroxyl groups is 1. The second kappa shape index (κ2) is 8.54. The Labute approximate surface area is 204 Å². The largest absolute Gasteiger partial charge is 0.505 e. The number of aromatic amines is 1. The smallest absolute Gasteiger partial charge is 0.432 e. The summed E-state index contributed by atoms with van der Waals surface area (Å²) in [6.07, 6.45) is -6.99. The lowest BCUT2D eigenvalue weighted by molar-refractivity contribution is -0.141. The van der Waals surface area contributed by atoms with Crippen molar-refractivity contribution in [1.82, 2.24) is 24.5 Å². The van der Waals surface area contributed by atoms with Gasteiger partial charge in [0.2, 0.25) is 5.95 Å². The lowest BCUT2D eigenvalue weighted by Gasteiger charge is -2.09. The second-order valence-corrected chi connectivity index (χ2v) is 8.10. The number of hydrogen-bond acceptors (Lipinski definition) is 5. The van der Waals surface area contributed by atoms with E-state index in [4.69, 9.17) is 0 Å². The van der Waals surface area contributed by atoms with Crippen molar-refractivity contribution in [3.05, 3.63) is 72.2 Å². The van der Waals surface area contributed by atoms with E-state index >= 15 is 0 Å². The number of nitrogens with one attached hydrogen (secondary N) is 2. The molecule has 3 N–H and O–H groups in total. The van der Waals surface area contributed by atoms with Crippen molar-refractivity contribution in [3.63, 3.8) is 0 Å². The first-order valence-corrected chi connectivity index (χ1v) is 10.6. The Bertz CT molecular complexity index is 1600. The zero-order valence-electron chi connectivity index (χ0n) is 18.8. The molecule has 190 valence electrons. The Morgan fingerprint density at radius 1 is 0.919 bits per heavy atom. The van der Waals surface area contributed by atoms with Gasteiger partial charge in [-0.3, -0.25) is 4.98 Å².